The van der Waals surface area contributed by atoms with Crippen LogP contribution in [0.25, 0.3) is 0 Å². The van der Waals surface area contributed by atoms with Gasteiger partial charge in [-0.25, -0.2) is 14.8 Å². The van der Waals surface area contributed by atoms with E-state index in [0.717, 1.165) is 23.5 Å². The maximum Gasteiger partial charge on any atom is 0.409 e. The number of nitrogens with two attached hydrogens (primary N) is 1. The van der Waals surface area contributed by atoms with Gasteiger partial charge in [0.15, 0.2) is 5.96 Å². The zero-order valence-electron chi connectivity index (χ0n) is 14.4. The van der Waals surface area contributed by atoms with Crippen molar-refractivity contribution in [3.8, 4) is 0 Å². The lowest BCUT2D eigenvalue weighted by Gasteiger charge is -2.31. The molecule has 1 aromatic heterocycles. The first-order valence-electron chi connectivity index (χ1n) is 7.90. The van der Waals surface area contributed by atoms with Crippen LogP contribution in [0.3, 0.4) is 0 Å². The molecule has 2 rings (SSSR count). The molecule has 0 unspecified atom stereocenters. The van der Waals surface area contributed by atoms with Crippen molar-refractivity contribution in [3.63, 3.8) is 0 Å². The highest BCUT2D eigenvalue weighted by Crippen LogP contribution is 2.17. The van der Waals surface area contributed by atoms with Gasteiger partial charge < -0.3 is 20.7 Å². The van der Waals surface area contributed by atoms with Crippen molar-refractivity contribution in [2.75, 3.05) is 19.7 Å². The third kappa shape index (κ3) is 6.08. The SMILES string of the molecule is CCOC(=O)N1CCC(NC(N)=NCc2nc(C)sc2C)CC1.I. The Morgan fingerprint density at radius 2 is 2.12 bits per heavy atom. The van der Waals surface area contributed by atoms with Crippen LogP contribution in [-0.4, -0.2) is 47.7 Å². The quantitative estimate of drug-likeness (QED) is 0.403. The molecule has 1 aliphatic heterocycles. The molecule has 0 radical (unpaired) electrons. The lowest BCUT2D eigenvalue weighted by molar-refractivity contribution is 0.0963. The molecule has 3 N–H and O–H groups in total. The molecule has 1 aliphatic rings. The highest BCUT2D eigenvalue weighted by Gasteiger charge is 2.23. The van der Waals surface area contributed by atoms with E-state index in [1.165, 1.54) is 4.88 Å². The third-order valence-corrected chi connectivity index (χ3v) is 4.70. The highest BCUT2D eigenvalue weighted by molar-refractivity contribution is 14.0. The van der Waals surface area contributed by atoms with Gasteiger partial charge in [0, 0.05) is 24.0 Å². The molecular formula is C15H26IN5O2S. The molecule has 1 saturated heterocycles. The van der Waals surface area contributed by atoms with Crippen molar-refractivity contribution in [1.29, 1.82) is 0 Å². The first kappa shape index (κ1) is 20.9. The van der Waals surface area contributed by atoms with E-state index in [-0.39, 0.29) is 36.1 Å². The van der Waals surface area contributed by atoms with E-state index in [1.807, 2.05) is 20.8 Å². The molecule has 136 valence electrons. The van der Waals surface area contributed by atoms with Crippen molar-refractivity contribution in [3.05, 3.63) is 15.6 Å². The van der Waals surface area contributed by atoms with Gasteiger partial charge in [-0.05, 0) is 33.6 Å². The number of aryl methyl sites for hydroxylation is 2. The molecule has 7 nitrogen and oxygen atoms in total. The fourth-order valence-corrected chi connectivity index (χ4v) is 3.38. The average Bonchev–Trinajstić information content (AvgIpc) is 2.84. The molecule has 0 bridgehead atoms. The second-order valence-corrected chi connectivity index (χ2v) is 6.95. The van der Waals surface area contributed by atoms with E-state index in [9.17, 15) is 4.79 Å². The van der Waals surface area contributed by atoms with Gasteiger partial charge in [0.2, 0.25) is 0 Å². The van der Waals surface area contributed by atoms with Crippen LogP contribution in [0.1, 0.15) is 35.3 Å². The zero-order valence-corrected chi connectivity index (χ0v) is 17.5. The van der Waals surface area contributed by atoms with Crippen LogP contribution in [0, 0.1) is 13.8 Å². The van der Waals surface area contributed by atoms with Crippen LogP contribution in [0.15, 0.2) is 4.99 Å². The minimum Gasteiger partial charge on any atom is -0.450 e. The second-order valence-electron chi connectivity index (χ2n) is 5.54. The van der Waals surface area contributed by atoms with Crippen LogP contribution in [0.2, 0.25) is 0 Å². The van der Waals surface area contributed by atoms with Gasteiger partial charge in [-0.1, -0.05) is 0 Å². The Hall–Kier alpha value is -1.10. The van der Waals surface area contributed by atoms with E-state index in [4.69, 9.17) is 10.5 Å². The Morgan fingerprint density at radius 3 is 2.67 bits per heavy atom. The summed E-state index contributed by atoms with van der Waals surface area (Å²) in [4.78, 5) is 23.4. The minimum atomic E-state index is -0.234. The maximum atomic E-state index is 11.6. The number of halogens is 1. The Morgan fingerprint density at radius 1 is 1.46 bits per heavy atom. The van der Waals surface area contributed by atoms with E-state index >= 15 is 0 Å². The molecule has 1 amide bonds. The lowest BCUT2D eigenvalue weighted by Crippen LogP contribution is -2.48. The Labute approximate surface area is 164 Å². The predicted molar refractivity (Wildman–Crippen MR) is 107 cm³/mol. The van der Waals surface area contributed by atoms with Gasteiger partial charge >= 0.3 is 6.09 Å². The number of aliphatic imine (C=N–C) groups is 1. The van der Waals surface area contributed by atoms with Gasteiger partial charge in [-0.15, -0.1) is 35.3 Å². The molecular weight excluding hydrogens is 441 g/mol. The Balaban J connectivity index is 0.00000288. The van der Waals surface area contributed by atoms with Crippen LogP contribution in [0.5, 0.6) is 0 Å². The summed E-state index contributed by atoms with van der Waals surface area (Å²) < 4.78 is 5.01. The van der Waals surface area contributed by atoms with Crippen LogP contribution >= 0.6 is 35.3 Å². The molecule has 0 saturated carbocycles. The third-order valence-electron chi connectivity index (χ3n) is 3.77. The summed E-state index contributed by atoms with van der Waals surface area (Å²) in [5, 5.41) is 4.28. The largest absolute Gasteiger partial charge is 0.450 e. The van der Waals surface area contributed by atoms with Gasteiger partial charge in [-0.3, -0.25) is 0 Å². The number of hydrogen-bond donors (Lipinski definition) is 2. The van der Waals surface area contributed by atoms with Crippen molar-refractivity contribution in [2.45, 2.75) is 46.2 Å². The number of rotatable bonds is 4. The van der Waals surface area contributed by atoms with Crippen molar-refractivity contribution in [1.82, 2.24) is 15.2 Å². The monoisotopic (exact) mass is 467 g/mol. The number of nitrogens with one attached hydrogen (secondary N) is 1. The van der Waals surface area contributed by atoms with E-state index in [2.05, 4.69) is 15.3 Å². The number of aromatic nitrogens is 1. The smallest absolute Gasteiger partial charge is 0.409 e. The zero-order chi connectivity index (χ0) is 16.8. The van der Waals surface area contributed by atoms with Gasteiger partial charge in [0.25, 0.3) is 0 Å². The minimum absolute atomic E-state index is 0. The number of nitrogens with zero attached hydrogens (tertiary/aromatic N) is 3. The van der Waals surface area contributed by atoms with Crippen molar-refractivity contribution in [2.24, 2.45) is 10.7 Å². The van der Waals surface area contributed by atoms with E-state index < -0.39 is 0 Å². The van der Waals surface area contributed by atoms with E-state index in [0.29, 0.717) is 32.2 Å². The van der Waals surface area contributed by atoms with Crippen molar-refractivity contribution < 1.29 is 9.53 Å². The first-order chi connectivity index (χ1) is 11.0. The number of piperidine rings is 1. The van der Waals surface area contributed by atoms with Crippen LogP contribution in [0.4, 0.5) is 4.79 Å². The summed E-state index contributed by atoms with van der Waals surface area (Å²) in [6, 6.07) is 0.239. The first-order valence-corrected chi connectivity index (χ1v) is 8.72. The molecule has 0 spiro atoms. The molecule has 1 aromatic rings. The summed E-state index contributed by atoms with van der Waals surface area (Å²) >= 11 is 1.67. The standard InChI is InChI=1S/C15H25N5O2S.HI/c1-4-22-15(21)20-7-5-12(6-8-20)19-14(16)17-9-13-10(2)23-11(3)18-13;/h12H,4-9H2,1-3H3,(H3,16,17,19);1H. The number of likely N-dealkylation sites (tertiary alicyclic amines) is 1. The number of thiazole rings is 1. The summed E-state index contributed by atoms with van der Waals surface area (Å²) in [6.45, 7) is 8.11. The maximum absolute atomic E-state index is 11.6. The molecule has 0 aliphatic carbocycles. The van der Waals surface area contributed by atoms with Crippen LogP contribution in [-0.2, 0) is 11.3 Å². The number of hydrogen-bond acceptors (Lipinski definition) is 5. The summed E-state index contributed by atoms with van der Waals surface area (Å²) in [6.07, 6.45) is 1.44. The second kappa shape index (κ2) is 10.0. The average molecular weight is 467 g/mol. The van der Waals surface area contributed by atoms with Crippen molar-refractivity contribution >= 4 is 47.4 Å². The Bertz CT molecular complexity index is 570. The fourth-order valence-electron chi connectivity index (χ4n) is 2.55. The molecule has 0 aromatic carbocycles. The lowest BCUT2D eigenvalue weighted by atomic mass is 10.1. The van der Waals surface area contributed by atoms with Gasteiger partial charge in [0.05, 0.1) is 23.9 Å². The summed E-state index contributed by atoms with van der Waals surface area (Å²) in [7, 11) is 0. The summed E-state index contributed by atoms with van der Waals surface area (Å²) in [5.74, 6) is 0.435. The number of amides is 1. The Kier molecular flexibility index (Phi) is 8.74. The van der Waals surface area contributed by atoms with E-state index in [1.54, 1.807) is 16.2 Å². The predicted octanol–water partition coefficient (Wildman–Crippen LogP) is 2.40. The molecule has 1 fully saturated rings. The molecule has 2 heterocycles. The summed E-state index contributed by atoms with van der Waals surface area (Å²) in [5.41, 5.74) is 6.94. The molecule has 9 heteroatoms. The molecule has 24 heavy (non-hydrogen) atoms. The van der Waals surface area contributed by atoms with Crippen LogP contribution < -0.4 is 11.1 Å². The number of carbonyl (C=O) groups is 1. The fraction of sp³-hybridized carbons (Fsp3) is 0.667. The number of ether oxygens (including phenoxy) is 1. The number of guanidine groups is 1. The topological polar surface area (TPSA) is 92.8 Å². The number of carbonyl (C=O) groups excluding carboxylic acids is 1. The molecule has 0 atom stereocenters. The van der Waals surface area contributed by atoms with Gasteiger partial charge in [0.1, 0.15) is 0 Å². The normalized spacial score (nSPS) is 15.8. The van der Waals surface area contributed by atoms with Gasteiger partial charge in [-0.2, -0.15) is 0 Å². The highest BCUT2D eigenvalue weighted by atomic mass is 127.